The van der Waals surface area contributed by atoms with Gasteiger partial charge in [-0.15, -0.1) is 0 Å². The van der Waals surface area contributed by atoms with Crippen LogP contribution >= 0.6 is 0 Å². The number of hydrogen-bond donors (Lipinski definition) is 3. The Morgan fingerprint density at radius 1 is 0.538 bits per heavy atom. The van der Waals surface area contributed by atoms with Crippen LogP contribution in [0.5, 0.6) is 0 Å². The molecule has 26 heavy (non-hydrogen) atoms. The molecule has 0 aliphatic carbocycles. The zero-order valence-electron chi connectivity index (χ0n) is 13.8. The average Bonchev–Trinajstić information content (AvgIpc) is 3.19. The maximum Gasteiger partial charge on any atom is 0.254 e. The van der Waals surface area contributed by atoms with Crippen molar-refractivity contribution in [1.82, 2.24) is 16.0 Å². The van der Waals surface area contributed by atoms with Crippen molar-refractivity contribution in [3.8, 4) is 0 Å². The van der Waals surface area contributed by atoms with Crippen molar-refractivity contribution in [2.75, 3.05) is 0 Å². The van der Waals surface area contributed by atoms with Gasteiger partial charge in [-0.05, 0) is 25.7 Å². The van der Waals surface area contributed by atoms with Crippen molar-refractivity contribution in [2.24, 2.45) is 0 Å². The molecular formula is C17H17N3O6. The molecule has 0 aromatic rings. The van der Waals surface area contributed by atoms with Gasteiger partial charge in [0.2, 0.25) is 0 Å². The van der Waals surface area contributed by atoms with Gasteiger partial charge in [-0.2, -0.15) is 0 Å². The number of imide groups is 3. The second kappa shape index (κ2) is 8.65. The molecule has 3 aliphatic heterocycles. The highest BCUT2D eigenvalue weighted by molar-refractivity contribution is 6.16. The minimum absolute atomic E-state index is 0.312. The number of nitrogens with one attached hydrogen (secondary N) is 3. The van der Waals surface area contributed by atoms with Crippen LogP contribution in [0.3, 0.4) is 0 Å². The molecule has 0 radical (unpaired) electrons. The summed E-state index contributed by atoms with van der Waals surface area (Å²) in [6, 6.07) is 0. The molecule has 0 unspecified atom stereocenters. The first-order valence-corrected chi connectivity index (χ1v) is 8.00. The summed E-state index contributed by atoms with van der Waals surface area (Å²) in [5.74, 6) is -1.99. The van der Waals surface area contributed by atoms with Crippen LogP contribution in [0.4, 0.5) is 0 Å². The first kappa shape index (κ1) is 19.0. The molecule has 3 rings (SSSR count). The summed E-state index contributed by atoms with van der Waals surface area (Å²) < 4.78 is 0. The number of hydrogen-bond acceptors (Lipinski definition) is 6. The van der Waals surface area contributed by atoms with E-state index in [0.717, 1.165) is 19.3 Å². The Morgan fingerprint density at radius 2 is 0.962 bits per heavy atom. The molecule has 0 aromatic carbocycles. The second-order valence-electron chi connectivity index (χ2n) is 5.72. The summed E-state index contributed by atoms with van der Waals surface area (Å²) in [7, 11) is 0. The molecule has 0 saturated carbocycles. The van der Waals surface area contributed by atoms with Gasteiger partial charge in [0.25, 0.3) is 35.4 Å². The molecule has 9 heteroatoms. The monoisotopic (exact) mass is 359 g/mol. The molecule has 136 valence electrons. The predicted molar refractivity (Wildman–Crippen MR) is 87.8 cm³/mol. The van der Waals surface area contributed by atoms with Gasteiger partial charge in [0.05, 0.1) is 0 Å². The van der Waals surface area contributed by atoms with Crippen LogP contribution in [0.1, 0.15) is 32.1 Å². The van der Waals surface area contributed by atoms with Crippen LogP contribution in [-0.4, -0.2) is 35.4 Å². The lowest BCUT2D eigenvalue weighted by molar-refractivity contribution is -0.125. The van der Waals surface area contributed by atoms with Crippen molar-refractivity contribution in [2.45, 2.75) is 32.1 Å². The van der Waals surface area contributed by atoms with Crippen LogP contribution in [-0.2, 0) is 28.8 Å². The van der Waals surface area contributed by atoms with Crippen LogP contribution in [0.15, 0.2) is 35.5 Å². The van der Waals surface area contributed by atoms with Crippen LogP contribution in [0.25, 0.3) is 0 Å². The van der Waals surface area contributed by atoms with Crippen molar-refractivity contribution < 1.29 is 28.8 Å². The molecule has 0 bridgehead atoms. The van der Waals surface area contributed by atoms with E-state index in [4.69, 9.17) is 0 Å². The minimum Gasteiger partial charge on any atom is -0.289 e. The SMILES string of the molecule is O=C1C=C(CCCCCC2=CC(=O)NC2=O)C(=O)N1.O=C1C=CC(=O)N1. The largest absolute Gasteiger partial charge is 0.289 e. The molecule has 0 saturated heterocycles. The molecule has 6 amide bonds. The normalized spacial score (nSPS) is 18.2. The van der Waals surface area contributed by atoms with Gasteiger partial charge in [-0.3, -0.25) is 44.7 Å². The quantitative estimate of drug-likeness (QED) is 0.423. The van der Waals surface area contributed by atoms with Gasteiger partial charge in [-0.25, -0.2) is 0 Å². The van der Waals surface area contributed by atoms with E-state index in [2.05, 4.69) is 10.6 Å². The summed E-state index contributed by atoms with van der Waals surface area (Å²) in [6.07, 6.45) is 8.54. The maximum absolute atomic E-state index is 11.2. The topological polar surface area (TPSA) is 139 Å². The van der Waals surface area contributed by atoms with E-state index in [1.54, 1.807) is 0 Å². The molecule has 0 atom stereocenters. The number of carbonyl (C=O) groups excluding carboxylic acids is 6. The van der Waals surface area contributed by atoms with E-state index in [1.165, 1.54) is 24.3 Å². The highest BCUT2D eigenvalue weighted by atomic mass is 16.2. The highest BCUT2D eigenvalue weighted by Crippen LogP contribution is 2.16. The Bertz CT molecular complexity index is 713. The van der Waals surface area contributed by atoms with Crippen molar-refractivity contribution in [3.63, 3.8) is 0 Å². The maximum atomic E-state index is 11.2. The van der Waals surface area contributed by atoms with E-state index in [9.17, 15) is 28.8 Å². The first-order valence-electron chi connectivity index (χ1n) is 8.00. The summed E-state index contributed by atoms with van der Waals surface area (Å²) in [4.78, 5) is 64.3. The number of amides is 6. The Hall–Kier alpha value is -3.36. The van der Waals surface area contributed by atoms with E-state index in [-0.39, 0.29) is 35.4 Å². The van der Waals surface area contributed by atoms with E-state index in [0.29, 0.717) is 24.0 Å². The predicted octanol–water partition coefficient (Wildman–Crippen LogP) is -0.698. The Kier molecular flexibility index (Phi) is 6.31. The van der Waals surface area contributed by atoms with Gasteiger partial charge < -0.3 is 0 Å². The van der Waals surface area contributed by atoms with Gasteiger partial charge in [0.15, 0.2) is 0 Å². The van der Waals surface area contributed by atoms with E-state index < -0.39 is 0 Å². The zero-order valence-corrected chi connectivity index (χ0v) is 13.8. The molecule has 3 heterocycles. The van der Waals surface area contributed by atoms with Gasteiger partial charge >= 0.3 is 0 Å². The van der Waals surface area contributed by atoms with Gasteiger partial charge in [-0.1, -0.05) is 6.42 Å². The third kappa shape index (κ3) is 5.62. The smallest absolute Gasteiger partial charge is 0.254 e. The molecule has 9 nitrogen and oxygen atoms in total. The molecule has 0 aromatic heterocycles. The Labute approximate surface area is 148 Å². The molecule has 0 spiro atoms. The lowest BCUT2D eigenvalue weighted by atomic mass is 10.0. The standard InChI is InChI=1S/C13H14N2O4.C4H3NO2/c16-10-6-8(12(18)14-10)4-2-1-3-5-9-7-11(17)15-13(9)19;6-3-1-2-4(7)5-3/h6-7H,1-5H2,(H,14,16,18)(H,15,17,19);1-2H,(H,5,6,7). The van der Waals surface area contributed by atoms with Crippen molar-refractivity contribution in [1.29, 1.82) is 0 Å². The summed E-state index contributed by atoms with van der Waals surface area (Å²) in [5.41, 5.74) is 1.02. The lowest BCUT2D eigenvalue weighted by Gasteiger charge is -2.01. The van der Waals surface area contributed by atoms with Crippen LogP contribution in [0, 0.1) is 0 Å². The second-order valence-corrected chi connectivity index (χ2v) is 5.72. The summed E-state index contributed by atoms with van der Waals surface area (Å²) in [6.45, 7) is 0. The fourth-order valence-electron chi connectivity index (χ4n) is 2.44. The fraction of sp³-hybridized carbons (Fsp3) is 0.294. The van der Waals surface area contributed by atoms with E-state index >= 15 is 0 Å². The van der Waals surface area contributed by atoms with Crippen LogP contribution < -0.4 is 16.0 Å². The lowest BCUT2D eigenvalue weighted by Crippen LogP contribution is -2.22. The fourth-order valence-corrected chi connectivity index (χ4v) is 2.44. The molecule has 0 fully saturated rings. The highest BCUT2D eigenvalue weighted by Gasteiger charge is 2.21. The first-order chi connectivity index (χ1) is 12.3. The third-order valence-corrected chi connectivity index (χ3v) is 3.69. The average molecular weight is 359 g/mol. The Morgan fingerprint density at radius 3 is 1.23 bits per heavy atom. The van der Waals surface area contributed by atoms with Gasteiger partial charge in [0.1, 0.15) is 0 Å². The number of unbranched alkanes of at least 4 members (excludes halogenated alkanes) is 2. The molecule has 3 aliphatic rings. The summed E-state index contributed by atoms with van der Waals surface area (Å²) >= 11 is 0. The minimum atomic E-state index is -0.355. The van der Waals surface area contributed by atoms with E-state index in [1.807, 2.05) is 5.32 Å². The molecular weight excluding hydrogens is 342 g/mol. The van der Waals surface area contributed by atoms with Crippen molar-refractivity contribution in [3.05, 3.63) is 35.5 Å². The Balaban J connectivity index is 0.000000290. The van der Waals surface area contributed by atoms with Gasteiger partial charge in [0, 0.05) is 35.5 Å². The summed E-state index contributed by atoms with van der Waals surface area (Å²) in [5, 5.41) is 6.41. The number of carbonyl (C=O) groups is 6. The number of rotatable bonds is 6. The van der Waals surface area contributed by atoms with Crippen LogP contribution in [0.2, 0.25) is 0 Å². The molecule has 3 N–H and O–H groups in total. The van der Waals surface area contributed by atoms with Crippen molar-refractivity contribution >= 4 is 35.4 Å². The third-order valence-electron chi connectivity index (χ3n) is 3.69. The zero-order chi connectivity index (χ0) is 19.1.